The Morgan fingerprint density at radius 2 is 1.75 bits per heavy atom. The zero-order valence-corrected chi connectivity index (χ0v) is 9.02. The van der Waals surface area contributed by atoms with E-state index in [-0.39, 0.29) is 11.0 Å². The monoisotopic (exact) mass is 170 g/mol. The average molecular weight is 170 g/mol. The van der Waals surface area contributed by atoms with Crippen LogP contribution in [0.4, 0.5) is 0 Å². The van der Waals surface area contributed by atoms with E-state index in [1.165, 1.54) is 0 Å². The molecule has 0 radical (unpaired) electrons. The van der Waals surface area contributed by atoms with E-state index in [2.05, 4.69) is 39.6 Å². The summed E-state index contributed by atoms with van der Waals surface area (Å²) in [7, 11) is 2.19. The molecule has 1 aliphatic rings. The van der Waals surface area contributed by atoms with Crippen molar-refractivity contribution in [2.75, 3.05) is 13.6 Å². The van der Waals surface area contributed by atoms with Crippen molar-refractivity contribution in [2.45, 2.75) is 45.7 Å². The van der Waals surface area contributed by atoms with Crippen molar-refractivity contribution < 1.29 is 0 Å². The van der Waals surface area contributed by atoms with Gasteiger partial charge in [0.05, 0.1) is 0 Å². The first-order chi connectivity index (χ1) is 5.30. The minimum Gasteiger partial charge on any atom is -0.327 e. The fraction of sp³-hybridized carbons (Fsp3) is 1.00. The predicted octanol–water partition coefficient (Wildman–Crippen LogP) is 1.45. The topological polar surface area (TPSA) is 29.3 Å². The molecule has 0 amide bonds. The number of nitrogens with two attached hydrogens (primary N) is 1. The molecule has 1 saturated heterocycles. The second-order valence-electron chi connectivity index (χ2n) is 5.10. The zero-order valence-electron chi connectivity index (χ0n) is 9.02. The molecule has 1 fully saturated rings. The predicted molar refractivity (Wildman–Crippen MR) is 53.1 cm³/mol. The van der Waals surface area contributed by atoms with Crippen LogP contribution in [0.25, 0.3) is 0 Å². The van der Waals surface area contributed by atoms with E-state index in [9.17, 15) is 0 Å². The van der Waals surface area contributed by atoms with Crippen LogP contribution in [0.3, 0.4) is 0 Å². The van der Waals surface area contributed by atoms with E-state index in [4.69, 9.17) is 5.73 Å². The first-order valence-corrected chi connectivity index (χ1v) is 4.77. The van der Waals surface area contributed by atoms with E-state index in [0.717, 1.165) is 13.0 Å². The smallest absolute Gasteiger partial charge is 0.0215 e. The Balaban J connectivity index is 2.92. The molecule has 0 aromatic heterocycles. The fourth-order valence-electron chi connectivity index (χ4n) is 1.92. The molecule has 72 valence electrons. The molecule has 12 heavy (non-hydrogen) atoms. The Morgan fingerprint density at radius 1 is 1.25 bits per heavy atom. The minimum atomic E-state index is 0.208. The van der Waals surface area contributed by atoms with Crippen LogP contribution in [0, 0.1) is 5.41 Å². The summed E-state index contributed by atoms with van der Waals surface area (Å²) in [6.07, 6.45) is 1.12. The zero-order chi connectivity index (χ0) is 9.57. The summed E-state index contributed by atoms with van der Waals surface area (Å²) in [5.74, 6) is 0. The van der Waals surface area contributed by atoms with Crippen LogP contribution >= 0.6 is 0 Å². The van der Waals surface area contributed by atoms with Gasteiger partial charge in [-0.05, 0) is 39.3 Å². The molecular formula is C10H22N2. The number of nitrogens with zero attached hydrogens (tertiary/aromatic N) is 1. The van der Waals surface area contributed by atoms with Crippen molar-refractivity contribution in [3.8, 4) is 0 Å². The Kier molecular flexibility index (Phi) is 2.26. The Bertz CT molecular complexity index is 153. The molecule has 1 heterocycles. The van der Waals surface area contributed by atoms with Crippen LogP contribution in [-0.4, -0.2) is 30.1 Å². The Labute approximate surface area is 76.1 Å². The molecule has 1 atom stereocenters. The van der Waals surface area contributed by atoms with E-state index < -0.39 is 0 Å². The summed E-state index contributed by atoms with van der Waals surface area (Å²) in [5, 5.41) is 0. The highest BCUT2D eigenvalue weighted by atomic mass is 15.2. The molecular weight excluding hydrogens is 148 g/mol. The SMILES string of the molecule is CN1CCC(N)C(C)(C)C1(C)C. The molecule has 0 aromatic rings. The van der Waals surface area contributed by atoms with Gasteiger partial charge in [0.25, 0.3) is 0 Å². The van der Waals surface area contributed by atoms with Gasteiger partial charge in [-0.1, -0.05) is 13.8 Å². The largest absolute Gasteiger partial charge is 0.327 e. The highest BCUT2D eigenvalue weighted by molar-refractivity contribution is 5.03. The van der Waals surface area contributed by atoms with Gasteiger partial charge in [0.1, 0.15) is 0 Å². The van der Waals surface area contributed by atoms with Crippen LogP contribution in [0.5, 0.6) is 0 Å². The lowest BCUT2D eigenvalue weighted by molar-refractivity contribution is -0.0274. The third kappa shape index (κ3) is 1.17. The molecule has 0 bridgehead atoms. The van der Waals surface area contributed by atoms with Gasteiger partial charge in [0.2, 0.25) is 0 Å². The van der Waals surface area contributed by atoms with Gasteiger partial charge in [0.15, 0.2) is 0 Å². The summed E-state index contributed by atoms with van der Waals surface area (Å²) in [5.41, 5.74) is 6.54. The first kappa shape index (κ1) is 10.0. The summed E-state index contributed by atoms with van der Waals surface area (Å²) in [4.78, 5) is 2.41. The number of hydrogen-bond acceptors (Lipinski definition) is 2. The van der Waals surface area contributed by atoms with Crippen molar-refractivity contribution in [3.63, 3.8) is 0 Å². The standard InChI is InChI=1S/C10H22N2/c1-9(2)8(11)6-7-12(5)10(9,3)4/h8H,6-7,11H2,1-5H3. The molecule has 1 rings (SSSR count). The summed E-state index contributed by atoms with van der Waals surface area (Å²) in [6, 6.07) is 0.337. The lowest BCUT2D eigenvalue weighted by Crippen LogP contribution is -2.63. The van der Waals surface area contributed by atoms with Gasteiger partial charge in [-0.3, -0.25) is 0 Å². The average Bonchev–Trinajstić information content (AvgIpc) is 1.96. The number of hydrogen-bond donors (Lipinski definition) is 1. The van der Waals surface area contributed by atoms with Crippen LogP contribution in [0.2, 0.25) is 0 Å². The molecule has 0 aliphatic carbocycles. The Hall–Kier alpha value is -0.0800. The van der Waals surface area contributed by atoms with Crippen molar-refractivity contribution in [1.82, 2.24) is 4.90 Å². The van der Waals surface area contributed by atoms with E-state index in [0.29, 0.717) is 6.04 Å². The maximum Gasteiger partial charge on any atom is 0.0215 e. The van der Waals surface area contributed by atoms with E-state index >= 15 is 0 Å². The summed E-state index contributed by atoms with van der Waals surface area (Å²) < 4.78 is 0. The third-order valence-corrected chi connectivity index (χ3v) is 4.23. The van der Waals surface area contributed by atoms with E-state index in [1.54, 1.807) is 0 Å². The molecule has 1 unspecified atom stereocenters. The maximum atomic E-state index is 6.12. The normalized spacial score (nSPS) is 35.0. The van der Waals surface area contributed by atoms with Crippen molar-refractivity contribution in [2.24, 2.45) is 11.1 Å². The summed E-state index contributed by atoms with van der Waals surface area (Å²) in [6.45, 7) is 10.2. The first-order valence-electron chi connectivity index (χ1n) is 4.77. The molecule has 2 heteroatoms. The van der Waals surface area contributed by atoms with Gasteiger partial charge < -0.3 is 10.6 Å². The van der Waals surface area contributed by atoms with Crippen molar-refractivity contribution in [3.05, 3.63) is 0 Å². The van der Waals surface area contributed by atoms with Crippen LogP contribution < -0.4 is 5.73 Å². The molecule has 0 aromatic carbocycles. The van der Waals surface area contributed by atoms with E-state index in [1.807, 2.05) is 0 Å². The number of rotatable bonds is 0. The quantitative estimate of drug-likeness (QED) is 0.596. The van der Waals surface area contributed by atoms with Gasteiger partial charge in [0, 0.05) is 11.6 Å². The highest BCUT2D eigenvalue weighted by Crippen LogP contribution is 2.41. The lowest BCUT2D eigenvalue weighted by Gasteiger charge is -2.55. The van der Waals surface area contributed by atoms with Crippen molar-refractivity contribution >= 4 is 0 Å². The lowest BCUT2D eigenvalue weighted by atomic mass is 9.65. The van der Waals surface area contributed by atoms with Gasteiger partial charge in [-0.2, -0.15) is 0 Å². The highest BCUT2D eigenvalue weighted by Gasteiger charge is 2.47. The van der Waals surface area contributed by atoms with Gasteiger partial charge in [-0.25, -0.2) is 0 Å². The van der Waals surface area contributed by atoms with Crippen LogP contribution in [-0.2, 0) is 0 Å². The third-order valence-electron chi connectivity index (χ3n) is 4.23. The van der Waals surface area contributed by atoms with Crippen LogP contribution in [0.15, 0.2) is 0 Å². The van der Waals surface area contributed by atoms with Gasteiger partial charge >= 0.3 is 0 Å². The summed E-state index contributed by atoms with van der Waals surface area (Å²) >= 11 is 0. The molecule has 2 N–H and O–H groups in total. The fourth-order valence-corrected chi connectivity index (χ4v) is 1.92. The molecule has 0 saturated carbocycles. The minimum absolute atomic E-state index is 0.208. The van der Waals surface area contributed by atoms with Crippen molar-refractivity contribution in [1.29, 1.82) is 0 Å². The van der Waals surface area contributed by atoms with Gasteiger partial charge in [-0.15, -0.1) is 0 Å². The molecule has 1 aliphatic heterocycles. The molecule has 2 nitrogen and oxygen atoms in total. The second kappa shape index (κ2) is 2.71. The maximum absolute atomic E-state index is 6.12. The molecule has 0 spiro atoms. The number of piperidine rings is 1. The Morgan fingerprint density at radius 3 is 2.17 bits per heavy atom. The number of likely N-dealkylation sites (tertiary alicyclic amines) is 1. The second-order valence-corrected chi connectivity index (χ2v) is 5.10. The van der Waals surface area contributed by atoms with Crippen LogP contribution in [0.1, 0.15) is 34.1 Å².